The lowest BCUT2D eigenvalue weighted by Crippen LogP contribution is -2.14. The first-order chi connectivity index (χ1) is 9.99. The summed E-state index contributed by atoms with van der Waals surface area (Å²) in [5, 5.41) is 12.1. The molecule has 0 unspecified atom stereocenters. The Hall–Kier alpha value is -2.09. The number of carbonyl (C=O) groups is 1. The second-order valence-corrected chi connectivity index (χ2v) is 5.09. The Labute approximate surface area is 130 Å². The summed E-state index contributed by atoms with van der Waals surface area (Å²) in [7, 11) is 0. The quantitative estimate of drug-likeness (QED) is 0.921. The Morgan fingerprint density at radius 3 is 2.62 bits per heavy atom. The van der Waals surface area contributed by atoms with Gasteiger partial charge in [0.05, 0.1) is 22.0 Å². The number of hydrogen-bond donors (Lipinski definition) is 1. The van der Waals surface area contributed by atoms with Crippen LogP contribution in [0.5, 0.6) is 0 Å². The minimum Gasteiger partial charge on any atom is -0.326 e. The molecule has 0 bridgehead atoms. The average Bonchev–Trinajstić information content (AvgIpc) is 2.45. The van der Waals surface area contributed by atoms with E-state index >= 15 is 0 Å². The molecule has 6 heteroatoms. The fourth-order valence-electron chi connectivity index (χ4n) is 1.73. The molecule has 0 saturated heterocycles. The lowest BCUT2D eigenvalue weighted by Gasteiger charge is -2.07. The van der Waals surface area contributed by atoms with Crippen molar-refractivity contribution in [1.29, 1.82) is 5.26 Å². The van der Waals surface area contributed by atoms with E-state index in [4.69, 9.17) is 28.5 Å². The number of nitriles is 1. The molecule has 0 aliphatic rings. The zero-order chi connectivity index (χ0) is 15.4. The lowest BCUT2D eigenvalue weighted by atomic mass is 10.1. The summed E-state index contributed by atoms with van der Waals surface area (Å²) in [5.74, 6) is -0.927. The van der Waals surface area contributed by atoms with Crippen molar-refractivity contribution >= 4 is 34.8 Å². The number of carbonyl (C=O) groups excluding carboxylic acids is 1. The molecule has 0 fully saturated rings. The van der Waals surface area contributed by atoms with E-state index in [9.17, 15) is 9.18 Å². The molecule has 21 heavy (non-hydrogen) atoms. The third-order valence-corrected chi connectivity index (χ3v) is 3.46. The van der Waals surface area contributed by atoms with E-state index in [0.29, 0.717) is 21.3 Å². The molecular weight excluding hydrogens is 314 g/mol. The molecule has 1 amide bonds. The summed E-state index contributed by atoms with van der Waals surface area (Å²) < 4.78 is 13.2. The number of hydrogen-bond acceptors (Lipinski definition) is 2. The van der Waals surface area contributed by atoms with Crippen molar-refractivity contribution in [2.45, 2.75) is 6.42 Å². The molecule has 0 spiro atoms. The topological polar surface area (TPSA) is 52.9 Å². The van der Waals surface area contributed by atoms with Crippen molar-refractivity contribution < 1.29 is 9.18 Å². The fourth-order valence-corrected chi connectivity index (χ4v) is 2.05. The zero-order valence-electron chi connectivity index (χ0n) is 10.7. The predicted octanol–water partition coefficient (Wildman–Crippen LogP) is 4.19. The maximum atomic E-state index is 13.2. The number of nitrogens with one attached hydrogen (secondary N) is 1. The molecule has 2 aromatic carbocycles. The van der Waals surface area contributed by atoms with E-state index in [1.54, 1.807) is 24.3 Å². The number of anilines is 1. The molecule has 0 aliphatic heterocycles. The van der Waals surface area contributed by atoms with Crippen LogP contribution in [0.2, 0.25) is 10.0 Å². The van der Waals surface area contributed by atoms with Crippen LogP contribution in [0.15, 0.2) is 36.4 Å². The minimum atomic E-state index is -0.625. The molecule has 2 rings (SSSR count). The van der Waals surface area contributed by atoms with Crippen molar-refractivity contribution in [2.75, 3.05) is 5.32 Å². The second kappa shape index (κ2) is 6.57. The molecule has 0 aliphatic carbocycles. The van der Waals surface area contributed by atoms with Gasteiger partial charge in [-0.15, -0.1) is 0 Å². The Morgan fingerprint density at radius 1 is 1.19 bits per heavy atom. The first-order valence-electron chi connectivity index (χ1n) is 5.93. The summed E-state index contributed by atoms with van der Waals surface area (Å²) in [6, 6.07) is 10.4. The molecule has 0 radical (unpaired) electrons. The predicted molar refractivity (Wildman–Crippen MR) is 79.9 cm³/mol. The Balaban J connectivity index is 2.08. The number of halogens is 3. The van der Waals surface area contributed by atoms with E-state index in [0.717, 1.165) is 6.07 Å². The number of amides is 1. The van der Waals surface area contributed by atoms with Gasteiger partial charge < -0.3 is 5.32 Å². The van der Waals surface area contributed by atoms with Gasteiger partial charge in [-0.1, -0.05) is 29.3 Å². The number of rotatable bonds is 3. The zero-order valence-corrected chi connectivity index (χ0v) is 12.2. The maximum Gasteiger partial charge on any atom is 0.228 e. The summed E-state index contributed by atoms with van der Waals surface area (Å²) in [6.45, 7) is 0. The van der Waals surface area contributed by atoms with Gasteiger partial charge in [-0.05, 0) is 35.9 Å². The largest absolute Gasteiger partial charge is 0.326 e. The first kappa shape index (κ1) is 15.3. The van der Waals surface area contributed by atoms with Gasteiger partial charge >= 0.3 is 0 Å². The molecule has 0 atom stereocenters. The lowest BCUT2D eigenvalue weighted by molar-refractivity contribution is -0.115. The van der Waals surface area contributed by atoms with Crippen molar-refractivity contribution in [1.82, 2.24) is 0 Å². The van der Waals surface area contributed by atoms with Crippen LogP contribution in [0.4, 0.5) is 10.1 Å². The van der Waals surface area contributed by atoms with E-state index in [1.165, 1.54) is 12.1 Å². The molecule has 3 nitrogen and oxygen atoms in total. The van der Waals surface area contributed by atoms with Crippen molar-refractivity contribution in [3.8, 4) is 6.07 Å². The van der Waals surface area contributed by atoms with Crippen molar-refractivity contribution in [3.05, 3.63) is 63.4 Å². The number of nitrogens with zero attached hydrogens (tertiary/aromatic N) is 1. The summed E-state index contributed by atoms with van der Waals surface area (Å²) in [5.41, 5.74) is 0.935. The van der Waals surface area contributed by atoms with E-state index in [1.807, 2.05) is 0 Å². The van der Waals surface area contributed by atoms with Crippen LogP contribution in [-0.2, 0) is 11.2 Å². The fraction of sp³-hybridized carbons (Fsp3) is 0.0667. The highest BCUT2D eigenvalue weighted by Crippen LogP contribution is 2.23. The van der Waals surface area contributed by atoms with E-state index in [2.05, 4.69) is 5.32 Å². The molecule has 106 valence electrons. The first-order valence-corrected chi connectivity index (χ1v) is 6.68. The van der Waals surface area contributed by atoms with Crippen molar-refractivity contribution in [3.63, 3.8) is 0 Å². The van der Waals surface area contributed by atoms with Crippen LogP contribution in [-0.4, -0.2) is 5.91 Å². The van der Waals surface area contributed by atoms with Crippen LogP contribution in [0.25, 0.3) is 0 Å². The Bertz CT molecular complexity index is 741. The van der Waals surface area contributed by atoms with Gasteiger partial charge in [-0.3, -0.25) is 4.79 Å². The molecule has 0 aromatic heterocycles. The van der Waals surface area contributed by atoms with Gasteiger partial charge in [0.25, 0.3) is 0 Å². The van der Waals surface area contributed by atoms with Crippen molar-refractivity contribution in [2.24, 2.45) is 0 Å². The maximum absolute atomic E-state index is 13.2. The third-order valence-electron chi connectivity index (χ3n) is 2.72. The Morgan fingerprint density at radius 2 is 1.95 bits per heavy atom. The SMILES string of the molecule is N#Cc1cc(NC(=O)Cc2ccc(Cl)c(Cl)c2)ccc1F. The average molecular weight is 323 g/mol. The molecule has 0 heterocycles. The van der Waals surface area contributed by atoms with E-state index < -0.39 is 5.82 Å². The standard InChI is InChI=1S/C15H9Cl2FN2O/c16-12-3-1-9(5-13(12)17)6-15(21)20-11-2-4-14(18)10(7-11)8-19/h1-5,7H,6H2,(H,20,21). The monoisotopic (exact) mass is 322 g/mol. The number of benzene rings is 2. The summed E-state index contributed by atoms with van der Waals surface area (Å²) >= 11 is 11.7. The van der Waals surface area contributed by atoms with Gasteiger partial charge in [-0.2, -0.15) is 5.26 Å². The van der Waals surface area contributed by atoms with Gasteiger partial charge in [0.15, 0.2) is 0 Å². The van der Waals surface area contributed by atoms with Crippen LogP contribution < -0.4 is 5.32 Å². The molecule has 1 N–H and O–H groups in total. The molecule has 0 saturated carbocycles. The van der Waals surface area contributed by atoms with Crippen LogP contribution >= 0.6 is 23.2 Å². The van der Waals surface area contributed by atoms with Crippen LogP contribution in [0.1, 0.15) is 11.1 Å². The summed E-state index contributed by atoms with van der Waals surface area (Å²) in [6.07, 6.45) is 0.0934. The van der Waals surface area contributed by atoms with Crippen LogP contribution in [0, 0.1) is 17.1 Å². The Kier molecular flexibility index (Phi) is 4.79. The van der Waals surface area contributed by atoms with Gasteiger partial charge in [-0.25, -0.2) is 4.39 Å². The minimum absolute atomic E-state index is 0.0934. The molecule has 2 aromatic rings. The highest BCUT2D eigenvalue weighted by molar-refractivity contribution is 6.42. The highest BCUT2D eigenvalue weighted by Gasteiger charge is 2.08. The summed E-state index contributed by atoms with van der Waals surface area (Å²) in [4.78, 5) is 11.9. The van der Waals surface area contributed by atoms with E-state index in [-0.39, 0.29) is 17.9 Å². The highest BCUT2D eigenvalue weighted by atomic mass is 35.5. The third kappa shape index (κ3) is 3.94. The van der Waals surface area contributed by atoms with Gasteiger partial charge in [0.2, 0.25) is 5.91 Å². The second-order valence-electron chi connectivity index (χ2n) is 4.28. The van der Waals surface area contributed by atoms with Gasteiger partial charge in [0, 0.05) is 5.69 Å². The van der Waals surface area contributed by atoms with Crippen LogP contribution in [0.3, 0.4) is 0 Å². The molecular formula is C15H9Cl2FN2O. The normalized spacial score (nSPS) is 10.0. The smallest absolute Gasteiger partial charge is 0.228 e. The van der Waals surface area contributed by atoms with Gasteiger partial charge in [0.1, 0.15) is 11.9 Å².